The lowest BCUT2D eigenvalue weighted by Crippen LogP contribution is -2.21. The van der Waals surface area contributed by atoms with E-state index in [-0.39, 0.29) is 0 Å². The molecule has 0 aliphatic rings. The van der Waals surface area contributed by atoms with Crippen LogP contribution in [-0.4, -0.2) is 18.5 Å². The second-order valence-corrected chi connectivity index (χ2v) is 4.29. The highest BCUT2D eigenvalue weighted by atomic mass is 32.2. The van der Waals surface area contributed by atoms with E-state index < -0.39 is 15.6 Å². The molecular weight excluding hydrogens is 265 g/mol. The Kier molecular flexibility index (Phi) is 5.84. The van der Waals surface area contributed by atoms with Crippen molar-refractivity contribution in [3.05, 3.63) is 35.9 Å². The predicted octanol–water partition coefficient (Wildman–Crippen LogP) is 2.51. The van der Waals surface area contributed by atoms with Gasteiger partial charge >= 0.3 is 15.6 Å². The van der Waals surface area contributed by atoms with E-state index in [1.165, 1.54) is 5.56 Å². The van der Waals surface area contributed by atoms with Gasteiger partial charge in [-0.05, 0) is 5.56 Å². The summed E-state index contributed by atoms with van der Waals surface area (Å²) >= 11 is 4.11. The van der Waals surface area contributed by atoms with E-state index >= 15 is 0 Å². The first kappa shape index (κ1) is 15.3. The topological polar surface area (TPSA) is 54.4 Å². The van der Waals surface area contributed by atoms with Gasteiger partial charge in [-0.2, -0.15) is 34.2 Å². The lowest BCUT2D eigenvalue weighted by molar-refractivity contribution is -0.0510. The van der Waals surface area contributed by atoms with Gasteiger partial charge in [-0.15, -0.1) is 0 Å². The fourth-order valence-electron chi connectivity index (χ4n) is 0.583. The van der Waals surface area contributed by atoms with E-state index in [9.17, 15) is 13.2 Å². The Labute approximate surface area is 96.4 Å². The van der Waals surface area contributed by atoms with Crippen molar-refractivity contribution in [2.24, 2.45) is 0 Å². The second kappa shape index (κ2) is 6.12. The molecule has 1 rings (SSSR count). The van der Waals surface area contributed by atoms with E-state index in [4.69, 9.17) is 13.0 Å². The molecule has 0 unspecified atom stereocenters. The third-order valence-electron chi connectivity index (χ3n) is 1.32. The van der Waals surface area contributed by atoms with Crippen molar-refractivity contribution in [1.82, 2.24) is 0 Å². The molecule has 0 aliphatic heterocycles. The third-order valence-corrected chi connectivity index (χ3v) is 2.27. The van der Waals surface area contributed by atoms with E-state index in [0.29, 0.717) is 0 Å². The number of hydrogen-bond donors (Lipinski definition) is 2. The highest BCUT2D eigenvalue weighted by Gasteiger charge is 2.44. The van der Waals surface area contributed by atoms with Gasteiger partial charge in [0.1, 0.15) is 0 Å². The molecule has 0 saturated carbocycles. The lowest BCUT2D eigenvalue weighted by atomic mass is 10.2. The van der Waals surface area contributed by atoms with Gasteiger partial charge in [0.15, 0.2) is 0 Å². The van der Waals surface area contributed by atoms with Gasteiger partial charge in [0.2, 0.25) is 0 Å². The summed E-state index contributed by atoms with van der Waals surface area (Å²) in [6.45, 7) is 0. The van der Waals surface area contributed by atoms with E-state index in [1.807, 2.05) is 18.2 Å². The van der Waals surface area contributed by atoms with Gasteiger partial charge in [0.05, 0.1) is 0 Å². The third kappa shape index (κ3) is 5.99. The van der Waals surface area contributed by atoms with Gasteiger partial charge < -0.3 is 0 Å². The van der Waals surface area contributed by atoms with Crippen molar-refractivity contribution in [1.29, 1.82) is 0 Å². The summed E-state index contributed by atoms with van der Waals surface area (Å²) in [4.78, 5) is 0. The molecule has 0 aliphatic carbocycles. The van der Waals surface area contributed by atoms with Crippen molar-refractivity contribution in [2.45, 2.75) is 11.3 Å². The normalized spacial score (nSPS) is 11.6. The minimum Gasteiger partial charge on any atom is -0.279 e. The molecule has 8 heteroatoms. The molecule has 0 heterocycles. The number of hydrogen-bond acceptors (Lipinski definition) is 3. The number of thiol groups is 1. The first-order valence-electron chi connectivity index (χ1n) is 3.87. The zero-order chi connectivity index (χ0) is 12.8. The number of rotatable bonds is 1. The Bertz CT molecular complexity index is 400. The van der Waals surface area contributed by atoms with Gasteiger partial charge in [-0.25, -0.2) is 0 Å². The molecule has 0 saturated heterocycles. The van der Waals surface area contributed by atoms with E-state index in [2.05, 4.69) is 24.8 Å². The molecular formula is C8H9F3O3S2. The molecule has 0 atom stereocenters. The average molecular weight is 274 g/mol. The van der Waals surface area contributed by atoms with Crippen molar-refractivity contribution < 1.29 is 26.1 Å². The molecule has 0 bridgehead atoms. The maximum atomic E-state index is 10.7. The minimum absolute atomic E-state index is 0.834. The van der Waals surface area contributed by atoms with Crippen molar-refractivity contribution in [3.63, 3.8) is 0 Å². The van der Waals surface area contributed by atoms with Gasteiger partial charge in [-0.3, -0.25) is 4.55 Å². The van der Waals surface area contributed by atoms with Gasteiger partial charge in [0, 0.05) is 5.75 Å². The van der Waals surface area contributed by atoms with Crippen LogP contribution in [0.3, 0.4) is 0 Å². The van der Waals surface area contributed by atoms with Crippen LogP contribution in [0, 0.1) is 0 Å². The Morgan fingerprint density at radius 2 is 1.56 bits per heavy atom. The van der Waals surface area contributed by atoms with Crippen LogP contribution in [0.1, 0.15) is 5.56 Å². The fourth-order valence-corrected chi connectivity index (χ4v) is 0.794. The highest BCUT2D eigenvalue weighted by molar-refractivity contribution is 7.86. The fraction of sp³-hybridized carbons (Fsp3) is 0.250. The number of benzene rings is 1. The average Bonchev–Trinajstić information content (AvgIpc) is 2.17. The highest BCUT2D eigenvalue weighted by Crippen LogP contribution is 2.20. The van der Waals surface area contributed by atoms with Crippen LogP contribution in [0.25, 0.3) is 0 Å². The summed E-state index contributed by atoms with van der Waals surface area (Å²) in [5, 5.41) is 0. The number of alkyl halides is 3. The zero-order valence-corrected chi connectivity index (χ0v) is 9.56. The molecule has 0 aromatic heterocycles. The quantitative estimate of drug-likeness (QED) is 0.470. The standard InChI is InChI=1S/C7H8S.CHF3O3S/c8-6-7-4-2-1-3-5-7;2-1(3,4)8(5,6)7/h1-5,8H,6H2;(H,5,6,7). The second-order valence-electron chi connectivity index (χ2n) is 2.56. The lowest BCUT2D eigenvalue weighted by Gasteiger charge is -1.97. The first-order chi connectivity index (χ1) is 7.18. The Hall–Kier alpha value is -0.730. The maximum absolute atomic E-state index is 10.7. The van der Waals surface area contributed by atoms with Crippen LogP contribution in [0.5, 0.6) is 0 Å². The van der Waals surface area contributed by atoms with E-state index in [1.54, 1.807) is 0 Å². The van der Waals surface area contributed by atoms with Gasteiger partial charge in [0.25, 0.3) is 0 Å². The Morgan fingerprint density at radius 1 is 1.19 bits per heavy atom. The molecule has 0 amide bonds. The summed E-state index contributed by atoms with van der Waals surface area (Å²) < 4.78 is 57.5. The van der Waals surface area contributed by atoms with Crippen LogP contribution in [0.2, 0.25) is 0 Å². The van der Waals surface area contributed by atoms with Crippen LogP contribution < -0.4 is 0 Å². The summed E-state index contributed by atoms with van der Waals surface area (Å²) in [6, 6.07) is 10.2. The van der Waals surface area contributed by atoms with Gasteiger partial charge in [-0.1, -0.05) is 30.3 Å². The summed E-state index contributed by atoms with van der Waals surface area (Å²) in [5.74, 6) is 0.834. The first-order valence-corrected chi connectivity index (χ1v) is 5.94. The molecule has 1 N–H and O–H groups in total. The number of halogens is 3. The SMILES string of the molecule is O=S(=O)(O)C(F)(F)F.SCc1ccccc1. The predicted molar refractivity (Wildman–Crippen MR) is 56.7 cm³/mol. The van der Waals surface area contributed by atoms with Crippen molar-refractivity contribution >= 4 is 22.7 Å². The molecule has 1 aromatic rings. The zero-order valence-electron chi connectivity index (χ0n) is 7.85. The molecule has 0 radical (unpaired) electrons. The largest absolute Gasteiger partial charge is 0.522 e. The Morgan fingerprint density at radius 3 is 1.75 bits per heavy atom. The van der Waals surface area contributed by atoms with Crippen LogP contribution in [-0.2, 0) is 15.9 Å². The molecule has 92 valence electrons. The molecule has 0 spiro atoms. The van der Waals surface area contributed by atoms with Crippen LogP contribution in [0.4, 0.5) is 13.2 Å². The van der Waals surface area contributed by atoms with Crippen LogP contribution >= 0.6 is 12.6 Å². The summed E-state index contributed by atoms with van der Waals surface area (Å²) in [6.07, 6.45) is 0. The molecule has 0 fully saturated rings. The minimum atomic E-state index is -5.84. The maximum Gasteiger partial charge on any atom is 0.522 e. The monoisotopic (exact) mass is 274 g/mol. The Balaban J connectivity index is 0.000000281. The molecule has 3 nitrogen and oxygen atoms in total. The smallest absolute Gasteiger partial charge is 0.279 e. The van der Waals surface area contributed by atoms with Crippen molar-refractivity contribution in [3.8, 4) is 0 Å². The summed E-state index contributed by atoms with van der Waals surface area (Å²) in [7, 11) is -5.84. The van der Waals surface area contributed by atoms with Crippen molar-refractivity contribution in [2.75, 3.05) is 0 Å². The van der Waals surface area contributed by atoms with Crippen LogP contribution in [0.15, 0.2) is 30.3 Å². The summed E-state index contributed by atoms with van der Waals surface area (Å²) in [5.41, 5.74) is -4.26. The molecule has 16 heavy (non-hydrogen) atoms. The van der Waals surface area contributed by atoms with E-state index in [0.717, 1.165) is 5.75 Å². The molecule has 1 aromatic carbocycles.